The lowest BCUT2D eigenvalue weighted by Crippen LogP contribution is -2.53. The van der Waals surface area contributed by atoms with Crippen molar-refractivity contribution in [3.05, 3.63) is 47.5 Å². The molecule has 0 N–H and O–H groups in total. The van der Waals surface area contributed by atoms with Crippen molar-refractivity contribution in [1.82, 2.24) is 4.90 Å². The first kappa shape index (κ1) is 17.7. The number of halogens is 1. The predicted octanol–water partition coefficient (Wildman–Crippen LogP) is 3.24. The zero-order valence-corrected chi connectivity index (χ0v) is 14.1. The van der Waals surface area contributed by atoms with E-state index >= 15 is 0 Å². The summed E-state index contributed by atoms with van der Waals surface area (Å²) in [5.41, 5.74) is -0.156. The minimum absolute atomic E-state index is 0.0636. The molecule has 5 heteroatoms. The van der Waals surface area contributed by atoms with Gasteiger partial charge >= 0.3 is 5.97 Å². The molecule has 1 aliphatic heterocycles. The van der Waals surface area contributed by atoms with Crippen LogP contribution in [-0.2, 0) is 20.9 Å². The maximum atomic E-state index is 12.5. The van der Waals surface area contributed by atoms with Gasteiger partial charge in [-0.3, -0.25) is 14.5 Å². The van der Waals surface area contributed by atoms with Crippen LogP contribution in [0.2, 0.25) is 5.02 Å². The second-order valence-corrected chi connectivity index (χ2v) is 6.18. The molecule has 0 radical (unpaired) electrons. The molecule has 0 bridgehead atoms. The fraction of sp³-hybridized carbons (Fsp3) is 0.444. The normalized spacial score (nSPS) is 21.9. The second-order valence-electron chi connectivity index (χ2n) is 5.77. The van der Waals surface area contributed by atoms with Gasteiger partial charge in [0.15, 0.2) is 5.78 Å². The highest BCUT2D eigenvalue weighted by Gasteiger charge is 2.49. The number of nitrogens with zero attached hydrogens (tertiary/aromatic N) is 1. The third-order valence-corrected chi connectivity index (χ3v) is 4.56. The van der Waals surface area contributed by atoms with Gasteiger partial charge in [0.1, 0.15) is 5.41 Å². The average molecular weight is 336 g/mol. The van der Waals surface area contributed by atoms with E-state index in [1.807, 2.05) is 24.3 Å². The maximum Gasteiger partial charge on any atom is 0.321 e. The molecule has 1 aromatic rings. The number of allylic oxidation sites excluding steroid dienone is 1. The molecule has 1 aromatic carbocycles. The SMILES string of the molecule is C=CCC1(C(=O)OCC)CN(Cc2ccccc2Cl)CCC1=O. The molecule has 0 aliphatic carbocycles. The van der Waals surface area contributed by atoms with Crippen molar-refractivity contribution >= 4 is 23.4 Å². The number of likely N-dealkylation sites (tertiary alicyclic amines) is 1. The summed E-state index contributed by atoms with van der Waals surface area (Å²) < 4.78 is 5.17. The summed E-state index contributed by atoms with van der Waals surface area (Å²) in [4.78, 5) is 27.0. The van der Waals surface area contributed by atoms with Gasteiger partial charge in [-0.1, -0.05) is 35.9 Å². The van der Waals surface area contributed by atoms with E-state index in [2.05, 4.69) is 11.5 Å². The summed E-state index contributed by atoms with van der Waals surface area (Å²) in [5.74, 6) is -0.514. The van der Waals surface area contributed by atoms with E-state index in [-0.39, 0.29) is 12.4 Å². The van der Waals surface area contributed by atoms with E-state index in [0.717, 1.165) is 5.56 Å². The predicted molar refractivity (Wildman–Crippen MR) is 90.2 cm³/mol. The Kier molecular flexibility index (Phi) is 5.97. The topological polar surface area (TPSA) is 46.6 Å². The molecule has 0 saturated carbocycles. The van der Waals surface area contributed by atoms with Gasteiger partial charge < -0.3 is 4.74 Å². The Hall–Kier alpha value is -1.65. The highest BCUT2D eigenvalue weighted by atomic mass is 35.5. The van der Waals surface area contributed by atoms with Crippen LogP contribution in [0.5, 0.6) is 0 Å². The number of ketones is 1. The summed E-state index contributed by atoms with van der Waals surface area (Å²) in [6, 6.07) is 7.61. The average Bonchev–Trinajstić information content (AvgIpc) is 2.53. The minimum atomic E-state index is -1.14. The Morgan fingerprint density at radius 3 is 2.87 bits per heavy atom. The van der Waals surface area contributed by atoms with Gasteiger partial charge in [0.2, 0.25) is 0 Å². The smallest absolute Gasteiger partial charge is 0.321 e. The van der Waals surface area contributed by atoms with Crippen LogP contribution in [-0.4, -0.2) is 36.3 Å². The van der Waals surface area contributed by atoms with Gasteiger partial charge in [-0.2, -0.15) is 0 Å². The number of esters is 1. The summed E-state index contributed by atoms with van der Waals surface area (Å²) in [7, 11) is 0. The molecular formula is C18H22ClNO3. The highest BCUT2D eigenvalue weighted by Crippen LogP contribution is 2.33. The number of benzene rings is 1. The van der Waals surface area contributed by atoms with Crippen LogP contribution >= 0.6 is 11.6 Å². The van der Waals surface area contributed by atoms with Crippen LogP contribution in [0.1, 0.15) is 25.3 Å². The third kappa shape index (κ3) is 3.82. The van der Waals surface area contributed by atoms with Crippen LogP contribution < -0.4 is 0 Å². The Morgan fingerprint density at radius 2 is 2.22 bits per heavy atom. The maximum absolute atomic E-state index is 12.5. The van der Waals surface area contributed by atoms with Crippen molar-refractivity contribution in [2.45, 2.75) is 26.3 Å². The van der Waals surface area contributed by atoms with Crippen molar-refractivity contribution in [2.24, 2.45) is 5.41 Å². The van der Waals surface area contributed by atoms with E-state index in [9.17, 15) is 9.59 Å². The zero-order chi connectivity index (χ0) is 16.9. The first-order valence-corrected chi connectivity index (χ1v) is 8.18. The molecule has 0 amide bonds. The van der Waals surface area contributed by atoms with Crippen molar-refractivity contribution in [3.8, 4) is 0 Å². The fourth-order valence-corrected chi connectivity index (χ4v) is 3.20. The van der Waals surface area contributed by atoms with Gasteiger partial charge in [0.25, 0.3) is 0 Å². The number of carbonyl (C=O) groups is 2. The van der Waals surface area contributed by atoms with Gasteiger partial charge in [-0.15, -0.1) is 6.58 Å². The van der Waals surface area contributed by atoms with Crippen LogP contribution in [0, 0.1) is 5.41 Å². The van der Waals surface area contributed by atoms with E-state index in [1.54, 1.807) is 13.0 Å². The molecule has 1 atom stereocenters. The second kappa shape index (κ2) is 7.75. The molecule has 4 nitrogen and oxygen atoms in total. The molecule has 2 rings (SSSR count). The van der Waals surface area contributed by atoms with Crippen LogP contribution in [0.3, 0.4) is 0 Å². The van der Waals surface area contributed by atoms with Crippen molar-refractivity contribution < 1.29 is 14.3 Å². The van der Waals surface area contributed by atoms with Gasteiger partial charge in [0, 0.05) is 31.1 Å². The molecule has 1 aliphatic rings. The summed E-state index contributed by atoms with van der Waals surface area (Å²) in [6.07, 6.45) is 2.24. The largest absolute Gasteiger partial charge is 0.465 e. The minimum Gasteiger partial charge on any atom is -0.465 e. The Bertz CT molecular complexity index is 602. The highest BCUT2D eigenvalue weighted by molar-refractivity contribution is 6.31. The molecule has 23 heavy (non-hydrogen) atoms. The van der Waals surface area contributed by atoms with Gasteiger partial charge in [-0.05, 0) is 25.0 Å². The van der Waals surface area contributed by atoms with Crippen LogP contribution in [0.25, 0.3) is 0 Å². The van der Waals surface area contributed by atoms with E-state index in [0.29, 0.717) is 37.5 Å². The Labute approximate surface area is 142 Å². The monoisotopic (exact) mass is 335 g/mol. The number of Topliss-reactive ketones (excluding diaryl/α,β-unsaturated/α-hetero) is 1. The quantitative estimate of drug-likeness (QED) is 0.455. The van der Waals surface area contributed by atoms with Gasteiger partial charge in [0.05, 0.1) is 6.61 Å². The van der Waals surface area contributed by atoms with Gasteiger partial charge in [-0.25, -0.2) is 0 Å². The summed E-state index contributed by atoms with van der Waals surface area (Å²) >= 11 is 6.22. The summed E-state index contributed by atoms with van der Waals surface area (Å²) in [5, 5.41) is 0.690. The fourth-order valence-electron chi connectivity index (χ4n) is 3.01. The zero-order valence-electron chi connectivity index (χ0n) is 13.4. The molecule has 1 saturated heterocycles. The number of carbonyl (C=O) groups excluding carboxylic acids is 2. The molecule has 1 heterocycles. The van der Waals surface area contributed by atoms with Crippen LogP contribution in [0.15, 0.2) is 36.9 Å². The standard InChI is InChI=1S/C18H22ClNO3/c1-3-10-18(17(22)23-4-2)13-20(11-9-16(18)21)12-14-7-5-6-8-15(14)19/h3,5-8H,1,4,9-13H2,2H3. The number of hydrogen-bond acceptors (Lipinski definition) is 4. The number of rotatable bonds is 6. The number of piperidine rings is 1. The lowest BCUT2D eigenvalue weighted by atomic mass is 9.75. The first-order valence-electron chi connectivity index (χ1n) is 7.80. The van der Waals surface area contributed by atoms with E-state index in [4.69, 9.17) is 16.3 Å². The molecule has 1 unspecified atom stereocenters. The van der Waals surface area contributed by atoms with Crippen molar-refractivity contribution in [2.75, 3.05) is 19.7 Å². The number of ether oxygens (including phenoxy) is 1. The third-order valence-electron chi connectivity index (χ3n) is 4.19. The Morgan fingerprint density at radius 1 is 1.48 bits per heavy atom. The van der Waals surface area contributed by atoms with Crippen molar-refractivity contribution in [1.29, 1.82) is 0 Å². The van der Waals surface area contributed by atoms with E-state index in [1.165, 1.54) is 0 Å². The molecular weight excluding hydrogens is 314 g/mol. The molecule has 124 valence electrons. The lowest BCUT2D eigenvalue weighted by molar-refractivity contribution is -0.164. The van der Waals surface area contributed by atoms with Crippen molar-refractivity contribution in [3.63, 3.8) is 0 Å². The Balaban J connectivity index is 2.22. The lowest BCUT2D eigenvalue weighted by Gasteiger charge is -2.39. The molecule has 0 aromatic heterocycles. The van der Waals surface area contributed by atoms with E-state index < -0.39 is 11.4 Å². The van der Waals surface area contributed by atoms with Crippen LogP contribution in [0.4, 0.5) is 0 Å². The molecule has 0 spiro atoms. The summed E-state index contributed by atoms with van der Waals surface area (Å²) in [6.45, 7) is 7.26. The number of hydrogen-bond donors (Lipinski definition) is 0. The molecule has 1 fully saturated rings. The first-order chi connectivity index (χ1) is 11.0.